The second kappa shape index (κ2) is 29.6. The van der Waals surface area contributed by atoms with Gasteiger partial charge < -0.3 is 29.7 Å². The third kappa shape index (κ3) is 24.9. The predicted molar refractivity (Wildman–Crippen MR) is 170 cm³/mol. The first-order valence-electron chi connectivity index (χ1n) is 17.4. The zero-order chi connectivity index (χ0) is 33.1. The Morgan fingerprint density at radius 3 is 0.651 bits per heavy atom. The molecule has 0 fully saturated rings. The van der Waals surface area contributed by atoms with Gasteiger partial charge in [-0.1, -0.05) is 139 Å². The fourth-order valence-electron chi connectivity index (χ4n) is 6.15. The second-order valence-corrected chi connectivity index (χ2v) is 12.4. The molecule has 0 aliphatic heterocycles. The maximum Gasteiger partial charge on any atom is 3.00 e. The summed E-state index contributed by atoms with van der Waals surface area (Å²) in [7, 11) is 0. The zero-order valence-corrected chi connectivity index (χ0v) is 31.0. The van der Waals surface area contributed by atoms with Crippen LogP contribution in [0.2, 0.25) is 0 Å². The van der Waals surface area contributed by atoms with Crippen LogP contribution in [0.1, 0.15) is 197 Å². The number of aliphatic carboxylic acids is 3. The van der Waals surface area contributed by atoms with Crippen molar-refractivity contribution in [2.75, 3.05) is 0 Å². The van der Waals surface area contributed by atoms with Gasteiger partial charge in [-0.15, -0.1) is 0 Å². The molecular weight excluding hydrogens is 580 g/mol. The summed E-state index contributed by atoms with van der Waals surface area (Å²) in [5.41, 5.74) is 1.35. The number of carboxylic acid groups (broad SMARTS) is 3. The molecule has 0 unspecified atom stereocenters. The van der Waals surface area contributed by atoms with Gasteiger partial charge in [0.1, 0.15) is 0 Å². The van der Waals surface area contributed by atoms with Crippen LogP contribution in [0.25, 0.3) is 0 Å². The Morgan fingerprint density at radius 1 is 0.372 bits per heavy atom. The molecule has 7 heteroatoms. The van der Waals surface area contributed by atoms with E-state index in [1.165, 1.54) is 57.8 Å². The van der Waals surface area contributed by atoms with E-state index in [9.17, 15) is 29.7 Å². The molecule has 0 aliphatic rings. The molecule has 0 rings (SSSR count). The summed E-state index contributed by atoms with van der Waals surface area (Å²) in [5.74, 6) is -2.75. The van der Waals surface area contributed by atoms with Gasteiger partial charge in [0.15, 0.2) is 0 Å². The van der Waals surface area contributed by atoms with Crippen LogP contribution >= 0.6 is 0 Å². The molecule has 0 aromatic rings. The third-order valence-electron chi connectivity index (χ3n) is 10.8. The molecule has 0 spiro atoms. The van der Waals surface area contributed by atoms with Crippen molar-refractivity contribution < 1.29 is 47.1 Å². The summed E-state index contributed by atoms with van der Waals surface area (Å²) >= 11 is 0. The normalized spacial score (nSPS) is 11.4. The molecule has 0 amide bonds. The largest absolute Gasteiger partial charge is 3.00 e. The maximum atomic E-state index is 10.2. The van der Waals surface area contributed by atoms with Gasteiger partial charge in [0, 0.05) is 17.9 Å². The van der Waals surface area contributed by atoms with Crippen LogP contribution in [-0.4, -0.2) is 17.9 Å². The Hall–Kier alpha value is -1.06. The molecule has 6 nitrogen and oxygen atoms in total. The Bertz CT molecular complexity index is 552. The zero-order valence-electron chi connectivity index (χ0n) is 29.7. The van der Waals surface area contributed by atoms with Crippen molar-refractivity contribution in [2.24, 2.45) is 16.2 Å². The van der Waals surface area contributed by atoms with Crippen LogP contribution < -0.4 is 15.3 Å². The SMILES string of the molecule is CCC(CC)(CC)CCCCC(=O)[O-].CCC(CC)(CC)CCCCC(=O)[O-].CCC(CC)(CC)CCCCC(=O)[O-].[Cr+3]. The van der Waals surface area contributed by atoms with Crippen LogP contribution in [0.15, 0.2) is 0 Å². The fourth-order valence-corrected chi connectivity index (χ4v) is 6.15. The first-order valence-corrected chi connectivity index (χ1v) is 17.4. The van der Waals surface area contributed by atoms with E-state index >= 15 is 0 Å². The number of hydrogen-bond donors (Lipinski definition) is 0. The molecule has 0 aromatic carbocycles. The van der Waals surface area contributed by atoms with Crippen molar-refractivity contribution in [1.29, 1.82) is 0 Å². The van der Waals surface area contributed by atoms with Crippen LogP contribution in [0.3, 0.4) is 0 Å². The fraction of sp³-hybridized carbons (Fsp3) is 0.917. The number of rotatable bonds is 24. The predicted octanol–water partition coefficient (Wildman–Crippen LogP) is 7.54. The minimum atomic E-state index is -0.917. The van der Waals surface area contributed by atoms with Crippen LogP contribution in [0.4, 0.5) is 0 Å². The topological polar surface area (TPSA) is 120 Å². The van der Waals surface area contributed by atoms with Gasteiger partial charge in [-0.2, -0.15) is 0 Å². The van der Waals surface area contributed by atoms with E-state index in [1.807, 2.05) is 0 Å². The van der Waals surface area contributed by atoms with Gasteiger partial charge in [0.2, 0.25) is 0 Å². The second-order valence-electron chi connectivity index (χ2n) is 12.4. The van der Waals surface area contributed by atoms with E-state index in [0.717, 1.165) is 57.8 Å². The molecule has 0 saturated carbocycles. The van der Waals surface area contributed by atoms with E-state index in [1.54, 1.807) is 0 Å². The number of hydrogen-bond acceptors (Lipinski definition) is 6. The molecule has 0 aromatic heterocycles. The Balaban J connectivity index is -0.000000262. The quantitative estimate of drug-likeness (QED) is 0.0997. The van der Waals surface area contributed by atoms with Crippen molar-refractivity contribution in [3.8, 4) is 0 Å². The van der Waals surface area contributed by atoms with Crippen LogP contribution in [0.5, 0.6) is 0 Å². The molecule has 0 aliphatic carbocycles. The van der Waals surface area contributed by atoms with Crippen molar-refractivity contribution in [1.82, 2.24) is 0 Å². The smallest absolute Gasteiger partial charge is 0.550 e. The molecule has 0 atom stereocenters. The van der Waals surface area contributed by atoms with E-state index in [-0.39, 0.29) is 36.6 Å². The molecule has 43 heavy (non-hydrogen) atoms. The molecule has 0 N–H and O–H groups in total. The number of unbranched alkanes of at least 4 members (excludes halogenated alkanes) is 3. The summed E-state index contributed by atoms with van der Waals surface area (Å²) in [5, 5.41) is 30.7. The average molecular weight is 650 g/mol. The van der Waals surface area contributed by atoms with Crippen LogP contribution in [-0.2, 0) is 31.7 Å². The molecule has 0 saturated heterocycles. The van der Waals surface area contributed by atoms with Crippen molar-refractivity contribution in [2.45, 2.75) is 197 Å². The van der Waals surface area contributed by atoms with Crippen molar-refractivity contribution >= 4 is 17.9 Å². The number of carboxylic acids is 3. The average Bonchev–Trinajstić information content (AvgIpc) is 2.99. The van der Waals surface area contributed by atoms with Gasteiger partial charge in [0.05, 0.1) is 0 Å². The van der Waals surface area contributed by atoms with Gasteiger partial charge >= 0.3 is 17.4 Å². The first-order chi connectivity index (χ1) is 19.8. The number of carbonyl (C=O) groups is 3. The molecule has 1 radical (unpaired) electrons. The van der Waals surface area contributed by atoms with Gasteiger partial charge in [-0.3, -0.25) is 0 Å². The molecule has 255 valence electrons. The molecular formula is C36H69CrO6. The Labute approximate surface area is 277 Å². The van der Waals surface area contributed by atoms with E-state index in [2.05, 4.69) is 62.3 Å². The third-order valence-corrected chi connectivity index (χ3v) is 10.8. The monoisotopic (exact) mass is 649 g/mol. The summed E-state index contributed by atoms with van der Waals surface area (Å²) in [6.45, 7) is 20.1. The number of carbonyl (C=O) groups excluding carboxylic acids is 3. The Morgan fingerprint density at radius 2 is 0.535 bits per heavy atom. The maximum absolute atomic E-state index is 10.2. The van der Waals surface area contributed by atoms with Crippen molar-refractivity contribution in [3.63, 3.8) is 0 Å². The minimum Gasteiger partial charge on any atom is -0.550 e. The standard InChI is InChI=1S/3C12H24O2.Cr/c3*1-4-12(5-2,6-3)10-8-7-9-11(13)14;/h3*4-10H2,1-3H3,(H,13,14);/q;;;+3/p-3. The summed E-state index contributed by atoms with van der Waals surface area (Å²) in [6, 6.07) is 0. The van der Waals surface area contributed by atoms with Crippen molar-refractivity contribution in [3.05, 3.63) is 0 Å². The summed E-state index contributed by atoms with van der Waals surface area (Å²) in [6.07, 6.45) is 20.3. The Kier molecular flexibility index (Phi) is 33.7. The van der Waals surface area contributed by atoms with E-state index in [4.69, 9.17) is 0 Å². The van der Waals surface area contributed by atoms with Crippen LogP contribution in [0, 0.1) is 16.2 Å². The summed E-state index contributed by atoms with van der Waals surface area (Å²) < 4.78 is 0. The van der Waals surface area contributed by atoms with Gasteiger partial charge in [-0.25, -0.2) is 0 Å². The van der Waals surface area contributed by atoms with E-state index < -0.39 is 17.9 Å². The minimum absolute atomic E-state index is 0. The molecule has 0 heterocycles. The molecule has 0 bridgehead atoms. The summed E-state index contributed by atoms with van der Waals surface area (Å²) in [4.78, 5) is 30.7. The van der Waals surface area contributed by atoms with E-state index in [0.29, 0.717) is 16.2 Å². The van der Waals surface area contributed by atoms with Gasteiger partial charge in [-0.05, 0) is 74.0 Å². The first kappa shape index (κ1) is 48.8. The van der Waals surface area contributed by atoms with Gasteiger partial charge in [0.25, 0.3) is 0 Å².